The molecule has 0 aliphatic carbocycles. The van der Waals surface area contributed by atoms with Gasteiger partial charge in [-0.05, 0) is 33.6 Å². The first kappa shape index (κ1) is 20.8. The molecule has 0 radical (unpaired) electrons. The highest BCUT2D eigenvalue weighted by Gasteiger charge is 2.04. The summed E-state index contributed by atoms with van der Waals surface area (Å²) in [6, 6.07) is 0. The average molecular weight is 308 g/mol. The van der Waals surface area contributed by atoms with Gasteiger partial charge in [0.2, 0.25) is 0 Å². The standard InChI is InChI=1S/C15H32O6/c1-13(16)10-20-9-8-18-6-4-5-7-19-12-15(3)21-11-14(2)17/h13-17H,4-12H2,1-3H3. The van der Waals surface area contributed by atoms with Crippen LogP contribution in [0.15, 0.2) is 0 Å². The Kier molecular flexibility index (Phi) is 14.5. The number of rotatable bonds is 15. The number of ether oxygens (including phenoxy) is 4. The summed E-state index contributed by atoms with van der Waals surface area (Å²) in [7, 11) is 0. The van der Waals surface area contributed by atoms with Crippen molar-refractivity contribution in [1.82, 2.24) is 0 Å². The molecule has 0 spiro atoms. The van der Waals surface area contributed by atoms with Crippen molar-refractivity contribution in [2.75, 3.05) is 46.2 Å². The first-order valence-electron chi connectivity index (χ1n) is 7.73. The van der Waals surface area contributed by atoms with Gasteiger partial charge >= 0.3 is 0 Å². The van der Waals surface area contributed by atoms with E-state index < -0.39 is 12.2 Å². The SMILES string of the molecule is CC(O)COCCOCCCCOCC(C)OCC(C)O. The zero-order chi connectivity index (χ0) is 15.9. The topological polar surface area (TPSA) is 77.4 Å². The van der Waals surface area contributed by atoms with Gasteiger partial charge in [-0.3, -0.25) is 0 Å². The highest BCUT2D eigenvalue weighted by molar-refractivity contribution is 4.50. The molecule has 0 heterocycles. The fourth-order valence-electron chi connectivity index (χ4n) is 1.48. The summed E-state index contributed by atoms with van der Waals surface area (Å²) < 4.78 is 21.4. The van der Waals surface area contributed by atoms with Crippen molar-refractivity contribution in [2.24, 2.45) is 0 Å². The third-order valence-electron chi connectivity index (χ3n) is 2.53. The highest BCUT2D eigenvalue weighted by atomic mass is 16.5. The Bertz CT molecular complexity index is 210. The molecule has 0 rings (SSSR count). The Hall–Kier alpha value is -0.240. The van der Waals surface area contributed by atoms with E-state index in [4.69, 9.17) is 29.2 Å². The Morgan fingerprint density at radius 3 is 1.81 bits per heavy atom. The van der Waals surface area contributed by atoms with Crippen molar-refractivity contribution in [3.63, 3.8) is 0 Å². The van der Waals surface area contributed by atoms with Crippen molar-refractivity contribution in [3.8, 4) is 0 Å². The third kappa shape index (κ3) is 17.7. The lowest BCUT2D eigenvalue weighted by atomic mass is 10.3. The van der Waals surface area contributed by atoms with E-state index >= 15 is 0 Å². The molecule has 0 saturated heterocycles. The normalized spacial score (nSPS) is 15.9. The molecule has 6 heteroatoms. The van der Waals surface area contributed by atoms with E-state index in [1.807, 2.05) is 6.92 Å². The van der Waals surface area contributed by atoms with Crippen molar-refractivity contribution in [3.05, 3.63) is 0 Å². The van der Waals surface area contributed by atoms with Crippen LogP contribution in [0.2, 0.25) is 0 Å². The summed E-state index contributed by atoms with van der Waals surface area (Å²) in [5.41, 5.74) is 0. The van der Waals surface area contributed by atoms with E-state index in [0.29, 0.717) is 46.2 Å². The van der Waals surface area contributed by atoms with Gasteiger partial charge in [0.25, 0.3) is 0 Å². The van der Waals surface area contributed by atoms with Crippen molar-refractivity contribution in [1.29, 1.82) is 0 Å². The van der Waals surface area contributed by atoms with Crippen molar-refractivity contribution in [2.45, 2.75) is 51.9 Å². The van der Waals surface area contributed by atoms with Gasteiger partial charge in [0, 0.05) is 13.2 Å². The monoisotopic (exact) mass is 308 g/mol. The predicted molar refractivity (Wildman–Crippen MR) is 80.5 cm³/mol. The molecule has 0 aromatic carbocycles. The van der Waals surface area contributed by atoms with Crippen molar-refractivity contribution < 1.29 is 29.2 Å². The zero-order valence-electron chi connectivity index (χ0n) is 13.6. The van der Waals surface area contributed by atoms with Crippen LogP contribution >= 0.6 is 0 Å². The van der Waals surface area contributed by atoms with Gasteiger partial charge < -0.3 is 29.2 Å². The van der Waals surface area contributed by atoms with E-state index in [2.05, 4.69) is 0 Å². The van der Waals surface area contributed by atoms with E-state index in [1.165, 1.54) is 0 Å². The van der Waals surface area contributed by atoms with E-state index in [-0.39, 0.29) is 6.10 Å². The molecule has 21 heavy (non-hydrogen) atoms. The predicted octanol–water partition coefficient (Wildman–Crippen LogP) is 0.983. The molecular formula is C15H32O6. The summed E-state index contributed by atoms with van der Waals surface area (Å²) in [5, 5.41) is 18.0. The molecule has 3 atom stereocenters. The fourth-order valence-corrected chi connectivity index (χ4v) is 1.48. The van der Waals surface area contributed by atoms with E-state index in [1.54, 1.807) is 13.8 Å². The minimum absolute atomic E-state index is 0.00177. The Morgan fingerprint density at radius 1 is 0.667 bits per heavy atom. The van der Waals surface area contributed by atoms with Crippen LogP contribution in [0.3, 0.4) is 0 Å². The molecule has 0 aromatic rings. The van der Waals surface area contributed by atoms with E-state index in [0.717, 1.165) is 12.8 Å². The van der Waals surface area contributed by atoms with Gasteiger partial charge in [0.1, 0.15) is 0 Å². The number of hydrogen-bond acceptors (Lipinski definition) is 6. The first-order chi connectivity index (χ1) is 10.0. The van der Waals surface area contributed by atoms with Crippen LogP contribution in [-0.4, -0.2) is 74.8 Å². The number of hydrogen-bond donors (Lipinski definition) is 2. The largest absolute Gasteiger partial charge is 0.391 e. The molecule has 3 unspecified atom stereocenters. The highest BCUT2D eigenvalue weighted by Crippen LogP contribution is 1.97. The maximum Gasteiger partial charge on any atom is 0.0781 e. The molecule has 128 valence electrons. The second-order valence-corrected chi connectivity index (χ2v) is 5.31. The average Bonchev–Trinajstić information content (AvgIpc) is 2.42. The van der Waals surface area contributed by atoms with Gasteiger partial charge in [0.05, 0.1) is 51.3 Å². The van der Waals surface area contributed by atoms with Crippen molar-refractivity contribution >= 4 is 0 Å². The van der Waals surface area contributed by atoms with Crippen LogP contribution in [-0.2, 0) is 18.9 Å². The maximum atomic E-state index is 9.07. The summed E-state index contributed by atoms with van der Waals surface area (Å²) in [5.74, 6) is 0. The van der Waals surface area contributed by atoms with Gasteiger partial charge in [-0.2, -0.15) is 0 Å². The maximum absolute atomic E-state index is 9.07. The number of aliphatic hydroxyl groups is 2. The zero-order valence-corrected chi connectivity index (χ0v) is 13.6. The van der Waals surface area contributed by atoms with Gasteiger partial charge in [-0.1, -0.05) is 0 Å². The third-order valence-corrected chi connectivity index (χ3v) is 2.53. The van der Waals surface area contributed by atoms with Crippen LogP contribution in [0.1, 0.15) is 33.6 Å². The second-order valence-electron chi connectivity index (χ2n) is 5.31. The minimum Gasteiger partial charge on any atom is -0.391 e. The summed E-state index contributed by atoms with van der Waals surface area (Å²) in [6.45, 7) is 9.00. The summed E-state index contributed by atoms with van der Waals surface area (Å²) >= 11 is 0. The van der Waals surface area contributed by atoms with Crippen LogP contribution in [0.25, 0.3) is 0 Å². The molecule has 0 aliphatic heterocycles. The summed E-state index contributed by atoms with van der Waals surface area (Å²) in [6.07, 6.45) is 1.03. The van der Waals surface area contributed by atoms with Crippen LogP contribution in [0.4, 0.5) is 0 Å². The Morgan fingerprint density at radius 2 is 1.19 bits per heavy atom. The minimum atomic E-state index is -0.436. The molecule has 6 nitrogen and oxygen atoms in total. The van der Waals surface area contributed by atoms with Crippen LogP contribution in [0.5, 0.6) is 0 Å². The lowest BCUT2D eigenvalue weighted by Gasteiger charge is -2.14. The lowest BCUT2D eigenvalue weighted by Crippen LogP contribution is -2.21. The van der Waals surface area contributed by atoms with Gasteiger partial charge in [0.15, 0.2) is 0 Å². The second kappa shape index (κ2) is 14.7. The van der Waals surface area contributed by atoms with Crippen LogP contribution < -0.4 is 0 Å². The first-order valence-corrected chi connectivity index (χ1v) is 7.73. The molecule has 0 fully saturated rings. The van der Waals surface area contributed by atoms with E-state index in [9.17, 15) is 0 Å². The molecular weight excluding hydrogens is 276 g/mol. The van der Waals surface area contributed by atoms with Gasteiger partial charge in [-0.25, -0.2) is 0 Å². The lowest BCUT2D eigenvalue weighted by molar-refractivity contribution is -0.0377. The summed E-state index contributed by atoms with van der Waals surface area (Å²) in [4.78, 5) is 0. The smallest absolute Gasteiger partial charge is 0.0781 e. The fraction of sp³-hybridized carbons (Fsp3) is 1.00. The Balaban J connectivity index is 3.12. The molecule has 0 aromatic heterocycles. The van der Waals surface area contributed by atoms with Crippen LogP contribution in [0, 0.1) is 0 Å². The Labute approximate surface area is 128 Å². The number of unbranched alkanes of at least 4 members (excludes halogenated alkanes) is 1. The quantitative estimate of drug-likeness (QED) is 0.439. The molecule has 0 bridgehead atoms. The van der Waals surface area contributed by atoms with Gasteiger partial charge in [-0.15, -0.1) is 0 Å². The number of aliphatic hydroxyl groups excluding tert-OH is 2. The molecule has 0 aliphatic rings. The molecule has 0 amide bonds. The molecule has 2 N–H and O–H groups in total. The molecule has 0 saturated carbocycles.